The average molecular weight is 398 g/mol. The second-order valence-corrected chi connectivity index (χ2v) is 7.35. The molecule has 6 heteroatoms. The molecular weight excluding hydrogens is 377 g/mol. The number of carbonyl (C=O) groups is 1. The van der Waals surface area contributed by atoms with Gasteiger partial charge in [-0.3, -0.25) is 4.79 Å². The molecule has 0 fully saturated rings. The number of hydrogen-bond donors (Lipinski definition) is 1. The molecule has 2 aromatic rings. The quantitative estimate of drug-likeness (QED) is 0.590. The topological polar surface area (TPSA) is 38.3 Å². The van der Waals surface area contributed by atoms with Crippen LogP contribution in [0.1, 0.15) is 18.9 Å². The summed E-state index contributed by atoms with van der Waals surface area (Å²) in [5, 5.41) is 4.34. The highest BCUT2D eigenvalue weighted by molar-refractivity contribution is 7.98. The van der Waals surface area contributed by atoms with Crippen molar-refractivity contribution in [2.45, 2.75) is 25.2 Å². The summed E-state index contributed by atoms with van der Waals surface area (Å²) in [7, 11) is 0. The molecule has 0 radical (unpaired) electrons. The minimum atomic E-state index is -0.505. The summed E-state index contributed by atoms with van der Waals surface area (Å²) < 4.78 is 5.73. The minimum absolute atomic E-state index is 0.101. The van der Waals surface area contributed by atoms with Crippen molar-refractivity contribution in [1.82, 2.24) is 5.32 Å². The molecule has 0 saturated carbocycles. The van der Waals surface area contributed by atoms with Crippen LogP contribution in [0, 0.1) is 0 Å². The van der Waals surface area contributed by atoms with Crippen LogP contribution in [-0.2, 0) is 10.5 Å². The maximum Gasteiger partial charge on any atom is 0.261 e. The lowest BCUT2D eigenvalue weighted by Crippen LogP contribution is -2.39. The second kappa shape index (κ2) is 10.6. The van der Waals surface area contributed by atoms with E-state index in [4.69, 9.17) is 27.9 Å². The van der Waals surface area contributed by atoms with Crippen LogP contribution >= 0.6 is 35.0 Å². The first-order valence-electron chi connectivity index (χ1n) is 8.11. The Kier molecular flexibility index (Phi) is 8.45. The van der Waals surface area contributed by atoms with E-state index in [0.717, 1.165) is 22.1 Å². The van der Waals surface area contributed by atoms with Gasteiger partial charge in [-0.2, -0.15) is 11.8 Å². The van der Waals surface area contributed by atoms with Gasteiger partial charge in [0.05, 0.1) is 0 Å². The van der Waals surface area contributed by atoms with Crippen LogP contribution in [0.2, 0.25) is 10.0 Å². The van der Waals surface area contributed by atoms with Gasteiger partial charge >= 0.3 is 0 Å². The predicted molar refractivity (Wildman–Crippen MR) is 107 cm³/mol. The molecule has 0 aliphatic heterocycles. The summed E-state index contributed by atoms with van der Waals surface area (Å²) in [6, 6.07) is 14.8. The number of benzene rings is 2. The summed E-state index contributed by atoms with van der Waals surface area (Å²) in [5.74, 6) is 2.18. The van der Waals surface area contributed by atoms with E-state index in [0.29, 0.717) is 23.7 Å². The van der Waals surface area contributed by atoms with Crippen molar-refractivity contribution in [2.75, 3.05) is 12.3 Å². The zero-order valence-corrected chi connectivity index (χ0v) is 16.3. The van der Waals surface area contributed by atoms with E-state index < -0.39 is 6.10 Å². The molecule has 0 spiro atoms. The molecule has 25 heavy (non-hydrogen) atoms. The van der Waals surface area contributed by atoms with Crippen LogP contribution in [0.25, 0.3) is 0 Å². The van der Waals surface area contributed by atoms with Gasteiger partial charge in [0, 0.05) is 28.1 Å². The van der Waals surface area contributed by atoms with Crippen molar-refractivity contribution >= 4 is 40.9 Å². The first kappa shape index (κ1) is 20.0. The fraction of sp³-hybridized carbons (Fsp3) is 0.316. The van der Waals surface area contributed by atoms with Gasteiger partial charge < -0.3 is 10.1 Å². The lowest BCUT2D eigenvalue weighted by molar-refractivity contribution is -0.127. The lowest BCUT2D eigenvalue weighted by Gasteiger charge is -2.17. The highest BCUT2D eigenvalue weighted by Gasteiger charge is 2.17. The number of hydrogen-bond acceptors (Lipinski definition) is 3. The van der Waals surface area contributed by atoms with Gasteiger partial charge in [-0.25, -0.2) is 0 Å². The van der Waals surface area contributed by atoms with E-state index in [-0.39, 0.29) is 5.91 Å². The molecule has 2 aromatic carbocycles. The predicted octanol–water partition coefficient (Wildman–Crippen LogP) is 5.20. The van der Waals surface area contributed by atoms with E-state index in [1.165, 1.54) is 0 Å². The van der Waals surface area contributed by atoms with Crippen LogP contribution in [0.5, 0.6) is 5.75 Å². The molecule has 2 rings (SSSR count). The zero-order valence-electron chi connectivity index (χ0n) is 14.0. The molecule has 1 N–H and O–H groups in total. The molecular formula is C19H21Cl2NO2S. The fourth-order valence-corrected chi connectivity index (χ4v) is 3.43. The average Bonchev–Trinajstić information content (AvgIpc) is 2.62. The number of carbonyl (C=O) groups excluding carboxylic acids is 1. The minimum Gasteiger partial charge on any atom is -0.481 e. The maximum absolute atomic E-state index is 12.2. The first-order valence-corrected chi connectivity index (χ1v) is 10.0. The SMILES string of the molecule is CC[C@@H](Oc1ccc(Cl)cc1)C(=O)NCCSCc1ccccc1Cl. The molecule has 3 nitrogen and oxygen atoms in total. The third kappa shape index (κ3) is 6.81. The van der Waals surface area contributed by atoms with Crippen molar-refractivity contribution in [3.63, 3.8) is 0 Å². The molecule has 0 bridgehead atoms. The molecule has 1 atom stereocenters. The number of nitrogens with one attached hydrogen (secondary N) is 1. The summed E-state index contributed by atoms with van der Waals surface area (Å²) in [6.45, 7) is 2.51. The highest BCUT2D eigenvalue weighted by atomic mass is 35.5. The molecule has 0 saturated heterocycles. The summed E-state index contributed by atoms with van der Waals surface area (Å²) in [5.41, 5.74) is 1.11. The highest BCUT2D eigenvalue weighted by Crippen LogP contribution is 2.20. The van der Waals surface area contributed by atoms with Crippen LogP contribution in [0.3, 0.4) is 0 Å². The van der Waals surface area contributed by atoms with Crippen molar-refractivity contribution in [2.24, 2.45) is 0 Å². The number of halogens is 2. The van der Waals surface area contributed by atoms with Gasteiger partial charge in [0.15, 0.2) is 6.10 Å². The van der Waals surface area contributed by atoms with E-state index in [9.17, 15) is 4.79 Å². The Hall–Kier alpha value is -1.36. The summed E-state index contributed by atoms with van der Waals surface area (Å²) >= 11 is 13.7. The van der Waals surface area contributed by atoms with Crippen molar-refractivity contribution < 1.29 is 9.53 Å². The maximum atomic E-state index is 12.2. The number of thioether (sulfide) groups is 1. The van der Waals surface area contributed by atoms with Crippen LogP contribution in [0.15, 0.2) is 48.5 Å². The van der Waals surface area contributed by atoms with E-state index in [1.54, 1.807) is 36.0 Å². The van der Waals surface area contributed by atoms with E-state index in [2.05, 4.69) is 5.32 Å². The van der Waals surface area contributed by atoms with Gasteiger partial charge in [0.2, 0.25) is 0 Å². The van der Waals surface area contributed by atoms with E-state index in [1.807, 2.05) is 31.2 Å². The van der Waals surface area contributed by atoms with Gasteiger partial charge in [-0.15, -0.1) is 0 Å². The van der Waals surface area contributed by atoms with Crippen molar-refractivity contribution in [3.8, 4) is 5.75 Å². The third-order valence-corrected chi connectivity index (χ3v) is 5.14. The lowest BCUT2D eigenvalue weighted by atomic mass is 10.2. The Morgan fingerprint density at radius 2 is 1.88 bits per heavy atom. The number of ether oxygens (including phenoxy) is 1. The fourth-order valence-electron chi connectivity index (χ4n) is 2.16. The largest absolute Gasteiger partial charge is 0.481 e. The van der Waals surface area contributed by atoms with Crippen LogP contribution in [-0.4, -0.2) is 24.3 Å². The molecule has 0 aromatic heterocycles. The Labute approximate surface area is 163 Å². The molecule has 0 unspecified atom stereocenters. The first-order chi connectivity index (χ1) is 12.1. The smallest absolute Gasteiger partial charge is 0.261 e. The standard InChI is InChI=1S/C19H21Cl2NO2S/c1-2-18(24-16-9-7-15(20)8-10-16)19(23)22-11-12-25-13-14-5-3-4-6-17(14)21/h3-10,18H,2,11-13H2,1H3,(H,22,23)/t18-/m1/s1. The Bertz CT molecular complexity index is 679. The Morgan fingerprint density at radius 3 is 2.56 bits per heavy atom. The van der Waals surface area contributed by atoms with E-state index >= 15 is 0 Å². The monoisotopic (exact) mass is 397 g/mol. The van der Waals surface area contributed by atoms with Crippen molar-refractivity contribution in [3.05, 3.63) is 64.1 Å². The summed E-state index contributed by atoms with van der Waals surface area (Å²) in [4.78, 5) is 12.2. The van der Waals surface area contributed by atoms with Crippen LogP contribution in [0.4, 0.5) is 0 Å². The number of rotatable bonds is 9. The third-order valence-electron chi connectivity index (χ3n) is 3.52. The molecule has 0 heterocycles. The van der Waals surface area contributed by atoms with Crippen molar-refractivity contribution in [1.29, 1.82) is 0 Å². The van der Waals surface area contributed by atoms with Gasteiger partial charge in [-0.1, -0.05) is 48.3 Å². The van der Waals surface area contributed by atoms with Gasteiger partial charge in [0.1, 0.15) is 5.75 Å². The molecule has 0 aliphatic carbocycles. The molecule has 134 valence electrons. The number of amides is 1. The summed E-state index contributed by atoms with van der Waals surface area (Å²) in [6.07, 6.45) is 0.0936. The normalized spacial score (nSPS) is 11.8. The second-order valence-electron chi connectivity index (χ2n) is 5.40. The van der Waals surface area contributed by atoms with Gasteiger partial charge in [0.25, 0.3) is 5.91 Å². The molecule has 1 amide bonds. The van der Waals surface area contributed by atoms with Crippen LogP contribution < -0.4 is 10.1 Å². The van der Waals surface area contributed by atoms with Gasteiger partial charge in [-0.05, 0) is 42.3 Å². The zero-order chi connectivity index (χ0) is 18.1. The molecule has 0 aliphatic rings. The Morgan fingerprint density at radius 1 is 1.16 bits per heavy atom. The Balaban J connectivity index is 1.71.